The average Bonchev–Trinajstić information content (AvgIpc) is 3.36. The molecule has 0 heterocycles. The molecule has 0 aromatic heterocycles. The monoisotopic (exact) mass is 626 g/mol. The number of allylic oxidation sites excluding steroid dienone is 1. The maximum atomic E-state index is 2.49. The SMILES string of the molecule is Cc1ccc(C2=C(c3ccc(C)cc3)C(C)(C)c3cc(-c4c5ccccc5c(-c5ccc6ccccc6c5)c5ccccc45)ccc32)cc1. The second-order valence-corrected chi connectivity index (χ2v) is 14.3. The Morgan fingerprint density at radius 3 is 1.41 bits per heavy atom. The van der Waals surface area contributed by atoms with Crippen LogP contribution in [0.3, 0.4) is 0 Å². The Balaban J connectivity index is 1.30. The first-order chi connectivity index (χ1) is 23.9. The van der Waals surface area contributed by atoms with Gasteiger partial charge >= 0.3 is 0 Å². The molecule has 1 aliphatic rings. The van der Waals surface area contributed by atoms with E-state index in [2.05, 4.69) is 185 Å². The molecule has 0 bridgehead atoms. The van der Waals surface area contributed by atoms with Gasteiger partial charge in [0, 0.05) is 5.41 Å². The van der Waals surface area contributed by atoms with E-state index in [1.54, 1.807) is 0 Å². The molecule has 9 rings (SSSR count). The molecule has 0 N–H and O–H groups in total. The molecule has 0 saturated heterocycles. The fourth-order valence-corrected chi connectivity index (χ4v) is 8.36. The molecule has 0 atom stereocenters. The standard InChI is InChI=1S/C49H38/c1-31-17-21-34(22-18-31)47-43-28-27-38(30-44(43)49(3,4)48(47)35-23-19-32(2)20-24-35)46-41-15-9-7-13-39(41)45(40-14-8-10-16-42(40)46)37-26-25-33-11-5-6-12-36(33)29-37/h5-30H,1-4H3. The molecule has 8 aromatic carbocycles. The Kier molecular flexibility index (Phi) is 6.71. The minimum absolute atomic E-state index is 0.197. The first-order valence-electron chi connectivity index (χ1n) is 17.4. The Labute approximate surface area is 289 Å². The van der Waals surface area contributed by atoms with Crippen molar-refractivity contribution in [2.75, 3.05) is 0 Å². The van der Waals surface area contributed by atoms with E-state index in [9.17, 15) is 0 Å². The van der Waals surface area contributed by atoms with Gasteiger partial charge in [-0.2, -0.15) is 0 Å². The molecule has 234 valence electrons. The fourth-order valence-electron chi connectivity index (χ4n) is 8.36. The highest BCUT2D eigenvalue weighted by atomic mass is 14.4. The number of aryl methyl sites for hydroxylation is 2. The molecule has 0 radical (unpaired) electrons. The van der Waals surface area contributed by atoms with Gasteiger partial charge in [0.15, 0.2) is 0 Å². The van der Waals surface area contributed by atoms with Crippen LogP contribution < -0.4 is 0 Å². The second-order valence-electron chi connectivity index (χ2n) is 14.3. The number of fused-ring (bicyclic) bond motifs is 4. The van der Waals surface area contributed by atoms with Crippen molar-refractivity contribution < 1.29 is 0 Å². The lowest BCUT2D eigenvalue weighted by Crippen LogP contribution is -2.16. The van der Waals surface area contributed by atoms with Gasteiger partial charge in [-0.1, -0.05) is 171 Å². The van der Waals surface area contributed by atoms with Gasteiger partial charge < -0.3 is 0 Å². The van der Waals surface area contributed by atoms with Crippen molar-refractivity contribution in [2.24, 2.45) is 0 Å². The number of hydrogen-bond donors (Lipinski definition) is 0. The van der Waals surface area contributed by atoms with Crippen molar-refractivity contribution in [3.05, 3.63) is 191 Å². The van der Waals surface area contributed by atoms with Gasteiger partial charge in [-0.05, 0) is 114 Å². The molecule has 0 saturated carbocycles. The molecule has 0 heteroatoms. The lowest BCUT2D eigenvalue weighted by molar-refractivity contribution is 0.704. The van der Waals surface area contributed by atoms with Crippen molar-refractivity contribution in [2.45, 2.75) is 33.1 Å². The first kappa shape index (κ1) is 29.4. The summed E-state index contributed by atoms with van der Waals surface area (Å²) in [5.41, 5.74) is 15.5. The van der Waals surface area contributed by atoms with Crippen molar-refractivity contribution in [1.29, 1.82) is 0 Å². The van der Waals surface area contributed by atoms with E-state index in [0.29, 0.717) is 0 Å². The summed E-state index contributed by atoms with van der Waals surface area (Å²) in [6.45, 7) is 9.15. The summed E-state index contributed by atoms with van der Waals surface area (Å²) in [5, 5.41) is 7.66. The van der Waals surface area contributed by atoms with E-state index in [1.165, 1.54) is 99.1 Å². The lowest BCUT2D eigenvalue weighted by atomic mass is 9.77. The largest absolute Gasteiger partial charge is 0.0616 e. The van der Waals surface area contributed by atoms with E-state index >= 15 is 0 Å². The van der Waals surface area contributed by atoms with Crippen LogP contribution in [0.1, 0.15) is 47.2 Å². The predicted octanol–water partition coefficient (Wildman–Crippen LogP) is 13.3. The summed E-state index contributed by atoms with van der Waals surface area (Å²) < 4.78 is 0. The van der Waals surface area contributed by atoms with Gasteiger partial charge in [-0.15, -0.1) is 0 Å². The predicted molar refractivity (Wildman–Crippen MR) is 211 cm³/mol. The molecule has 0 nitrogen and oxygen atoms in total. The summed E-state index contributed by atoms with van der Waals surface area (Å²) >= 11 is 0. The molecule has 49 heavy (non-hydrogen) atoms. The van der Waals surface area contributed by atoms with Gasteiger partial charge in [0.05, 0.1) is 0 Å². The first-order valence-corrected chi connectivity index (χ1v) is 17.4. The highest BCUT2D eigenvalue weighted by molar-refractivity contribution is 6.22. The summed E-state index contributed by atoms with van der Waals surface area (Å²) in [6.07, 6.45) is 0. The molecule has 0 fully saturated rings. The van der Waals surface area contributed by atoms with Crippen molar-refractivity contribution in [1.82, 2.24) is 0 Å². The third kappa shape index (κ3) is 4.66. The zero-order valence-electron chi connectivity index (χ0n) is 28.5. The van der Waals surface area contributed by atoms with E-state index in [1.807, 2.05) is 0 Å². The Bertz CT molecular complexity index is 2550. The molecule has 0 amide bonds. The van der Waals surface area contributed by atoms with Crippen LogP contribution in [0.2, 0.25) is 0 Å². The number of rotatable bonds is 4. The molecule has 0 aliphatic heterocycles. The normalized spacial score (nSPS) is 13.8. The molecular weight excluding hydrogens is 589 g/mol. The lowest BCUT2D eigenvalue weighted by Gasteiger charge is -2.26. The summed E-state index contributed by atoms with van der Waals surface area (Å²) in [7, 11) is 0. The Hall–Kier alpha value is -5.72. The van der Waals surface area contributed by atoms with Crippen LogP contribution in [-0.2, 0) is 5.41 Å². The minimum Gasteiger partial charge on any atom is -0.0616 e. The third-order valence-electron chi connectivity index (χ3n) is 10.8. The quantitative estimate of drug-likeness (QED) is 0.171. The minimum atomic E-state index is -0.197. The summed E-state index contributed by atoms with van der Waals surface area (Å²) in [5.74, 6) is 0. The van der Waals surface area contributed by atoms with Crippen LogP contribution in [0.15, 0.2) is 158 Å². The number of hydrogen-bond acceptors (Lipinski definition) is 0. The fraction of sp³-hybridized carbons (Fsp3) is 0.102. The zero-order valence-corrected chi connectivity index (χ0v) is 28.5. The van der Waals surface area contributed by atoms with Crippen molar-refractivity contribution in [3.63, 3.8) is 0 Å². The smallest absolute Gasteiger partial charge is 0.0165 e. The van der Waals surface area contributed by atoms with E-state index < -0.39 is 0 Å². The molecule has 0 spiro atoms. The maximum absolute atomic E-state index is 2.49. The van der Waals surface area contributed by atoms with Crippen LogP contribution in [-0.4, -0.2) is 0 Å². The summed E-state index contributed by atoms with van der Waals surface area (Å²) in [6, 6.07) is 59.0. The zero-order chi connectivity index (χ0) is 33.3. The van der Waals surface area contributed by atoms with Gasteiger partial charge in [-0.3, -0.25) is 0 Å². The highest BCUT2D eigenvalue weighted by Gasteiger charge is 2.39. The third-order valence-corrected chi connectivity index (χ3v) is 10.8. The van der Waals surface area contributed by atoms with Crippen molar-refractivity contribution >= 4 is 43.5 Å². The molecule has 8 aromatic rings. The van der Waals surface area contributed by atoms with Crippen molar-refractivity contribution in [3.8, 4) is 22.3 Å². The van der Waals surface area contributed by atoms with Gasteiger partial charge in [-0.25, -0.2) is 0 Å². The highest BCUT2D eigenvalue weighted by Crippen LogP contribution is 2.54. The molecule has 0 unspecified atom stereocenters. The van der Waals surface area contributed by atoms with Crippen LogP contribution in [0.5, 0.6) is 0 Å². The Morgan fingerprint density at radius 2 is 0.837 bits per heavy atom. The second kappa shape index (κ2) is 11.2. The Morgan fingerprint density at radius 1 is 0.388 bits per heavy atom. The maximum Gasteiger partial charge on any atom is 0.0165 e. The molecule has 1 aliphatic carbocycles. The van der Waals surface area contributed by atoms with E-state index in [4.69, 9.17) is 0 Å². The van der Waals surface area contributed by atoms with Crippen LogP contribution in [0, 0.1) is 13.8 Å². The average molecular weight is 627 g/mol. The van der Waals surface area contributed by atoms with Crippen LogP contribution in [0.25, 0.3) is 65.7 Å². The van der Waals surface area contributed by atoms with E-state index in [-0.39, 0.29) is 5.41 Å². The topological polar surface area (TPSA) is 0 Å². The summed E-state index contributed by atoms with van der Waals surface area (Å²) in [4.78, 5) is 0. The number of benzene rings is 8. The van der Waals surface area contributed by atoms with Gasteiger partial charge in [0.2, 0.25) is 0 Å². The van der Waals surface area contributed by atoms with Crippen LogP contribution >= 0.6 is 0 Å². The van der Waals surface area contributed by atoms with Gasteiger partial charge in [0.1, 0.15) is 0 Å². The van der Waals surface area contributed by atoms with Crippen LogP contribution in [0.4, 0.5) is 0 Å². The van der Waals surface area contributed by atoms with Gasteiger partial charge in [0.25, 0.3) is 0 Å². The molecular formula is C49H38. The van der Waals surface area contributed by atoms with E-state index in [0.717, 1.165) is 0 Å².